The molecule has 0 heterocycles. The zero-order valence-corrected chi connectivity index (χ0v) is 8.71. The van der Waals surface area contributed by atoms with Crippen LogP contribution in [-0.2, 0) is 0 Å². The van der Waals surface area contributed by atoms with Gasteiger partial charge in [-0.05, 0) is 6.07 Å². The summed E-state index contributed by atoms with van der Waals surface area (Å²) in [6.07, 6.45) is 1.06. The lowest BCUT2D eigenvalue weighted by atomic mass is 10.2. The zero-order chi connectivity index (χ0) is 12.1. The first-order valence-corrected chi connectivity index (χ1v) is 4.22. The van der Waals surface area contributed by atoms with Gasteiger partial charge in [0.25, 0.3) is 0 Å². The standard InChI is InChI=1S/C9H10N2O5/c1-15-8-4-6(5-10-12)3-7(11(13)14)9(8)16-2/h3-5,12H,1-2H3/b10-5+. The van der Waals surface area contributed by atoms with Crippen LogP contribution in [0.5, 0.6) is 11.5 Å². The van der Waals surface area contributed by atoms with E-state index in [0.717, 1.165) is 6.21 Å². The Morgan fingerprint density at radius 2 is 2.12 bits per heavy atom. The molecule has 0 aliphatic heterocycles. The van der Waals surface area contributed by atoms with Gasteiger partial charge in [-0.1, -0.05) is 5.16 Å². The number of rotatable bonds is 4. The van der Waals surface area contributed by atoms with E-state index in [1.54, 1.807) is 0 Å². The summed E-state index contributed by atoms with van der Waals surface area (Å²) in [7, 11) is 2.67. The number of hydrogen-bond acceptors (Lipinski definition) is 6. The maximum absolute atomic E-state index is 10.8. The molecule has 0 aromatic heterocycles. The SMILES string of the molecule is COc1cc(/C=N/O)cc([N+](=O)[O-])c1OC. The van der Waals surface area contributed by atoms with Crippen molar-refractivity contribution in [2.24, 2.45) is 5.16 Å². The van der Waals surface area contributed by atoms with Crippen LogP contribution < -0.4 is 9.47 Å². The highest BCUT2D eigenvalue weighted by Crippen LogP contribution is 2.37. The van der Waals surface area contributed by atoms with Crippen molar-refractivity contribution in [3.8, 4) is 11.5 Å². The predicted molar refractivity (Wildman–Crippen MR) is 55.6 cm³/mol. The third-order valence-corrected chi connectivity index (χ3v) is 1.89. The normalized spacial score (nSPS) is 10.4. The molecule has 86 valence electrons. The molecular formula is C9H10N2O5. The molecule has 0 bridgehead atoms. The summed E-state index contributed by atoms with van der Waals surface area (Å²) < 4.78 is 9.83. The summed E-state index contributed by atoms with van der Waals surface area (Å²) in [6.45, 7) is 0. The molecule has 0 spiro atoms. The smallest absolute Gasteiger partial charge is 0.315 e. The van der Waals surface area contributed by atoms with Crippen LogP contribution in [-0.4, -0.2) is 30.6 Å². The van der Waals surface area contributed by atoms with Crippen molar-refractivity contribution < 1.29 is 19.6 Å². The van der Waals surface area contributed by atoms with Crippen molar-refractivity contribution >= 4 is 11.9 Å². The molecule has 0 unspecified atom stereocenters. The lowest BCUT2D eigenvalue weighted by molar-refractivity contribution is -0.385. The number of nitro groups is 1. The second kappa shape index (κ2) is 4.96. The average Bonchev–Trinajstić information content (AvgIpc) is 2.28. The van der Waals surface area contributed by atoms with Crippen LogP contribution in [0.25, 0.3) is 0 Å². The van der Waals surface area contributed by atoms with Crippen LogP contribution in [0.15, 0.2) is 17.3 Å². The van der Waals surface area contributed by atoms with Crippen LogP contribution in [0.1, 0.15) is 5.56 Å². The Bertz CT molecular complexity index is 430. The van der Waals surface area contributed by atoms with Gasteiger partial charge < -0.3 is 14.7 Å². The first-order valence-electron chi connectivity index (χ1n) is 4.22. The highest BCUT2D eigenvalue weighted by Gasteiger charge is 2.20. The number of hydrogen-bond donors (Lipinski definition) is 1. The van der Waals surface area contributed by atoms with Gasteiger partial charge in [0, 0.05) is 11.6 Å². The monoisotopic (exact) mass is 226 g/mol. The topological polar surface area (TPSA) is 94.2 Å². The van der Waals surface area contributed by atoms with Gasteiger partial charge in [0.1, 0.15) is 0 Å². The highest BCUT2D eigenvalue weighted by atomic mass is 16.6. The van der Waals surface area contributed by atoms with Gasteiger partial charge >= 0.3 is 5.69 Å². The summed E-state index contributed by atoms with van der Waals surface area (Å²) in [5, 5.41) is 21.9. The first-order chi connectivity index (χ1) is 7.63. The van der Waals surface area contributed by atoms with Crippen LogP contribution >= 0.6 is 0 Å². The molecule has 7 nitrogen and oxygen atoms in total. The molecule has 0 radical (unpaired) electrons. The van der Waals surface area contributed by atoms with E-state index in [1.165, 1.54) is 26.4 Å². The van der Waals surface area contributed by atoms with Crippen molar-refractivity contribution in [2.45, 2.75) is 0 Å². The van der Waals surface area contributed by atoms with E-state index < -0.39 is 4.92 Å². The van der Waals surface area contributed by atoms with Crippen molar-refractivity contribution in [1.29, 1.82) is 0 Å². The molecule has 0 atom stereocenters. The summed E-state index contributed by atoms with van der Waals surface area (Å²) in [5.74, 6) is 0.231. The van der Waals surface area contributed by atoms with E-state index in [-0.39, 0.29) is 17.2 Å². The molecule has 1 N–H and O–H groups in total. The van der Waals surface area contributed by atoms with Crippen molar-refractivity contribution in [1.82, 2.24) is 0 Å². The largest absolute Gasteiger partial charge is 0.493 e. The second-order valence-corrected chi connectivity index (χ2v) is 2.78. The van der Waals surface area contributed by atoms with Crippen molar-refractivity contribution in [2.75, 3.05) is 14.2 Å². The zero-order valence-electron chi connectivity index (χ0n) is 8.71. The van der Waals surface area contributed by atoms with E-state index in [9.17, 15) is 10.1 Å². The highest BCUT2D eigenvalue weighted by molar-refractivity contribution is 5.82. The Morgan fingerprint density at radius 3 is 2.56 bits per heavy atom. The Morgan fingerprint density at radius 1 is 1.44 bits per heavy atom. The van der Waals surface area contributed by atoms with Gasteiger partial charge in [0.2, 0.25) is 5.75 Å². The summed E-state index contributed by atoms with van der Waals surface area (Å²) in [6, 6.07) is 2.69. The number of methoxy groups -OCH3 is 2. The van der Waals surface area contributed by atoms with E-state index in [1.807, 2.05) is 0 Å². The summed E-state index contributed by atoms with van der Waals surface area (Å²) in [5.41, 5.74) is 0.0867. The molecule has 0 amide bonds. The third kappa shape index (κ3) is 2.19. The molecule has 0 fully saturated rings. The maximum atomic E-state index is 10.8. The fourth-order valence-corrected chi connectivity index (χ4v) is 1.24. The maximum Gasteiger partial charge on any atom is 0.315 e. The minimum absolute atomic E-state index is 0.0302. The molecule has 1 aromatic rings. The minimum Gasteiger partial charge on any atom is -0.493 e. The van der Waals surface area contributed by atoms with E-state index in [0.29, 0.717) is 5.56 Å². The quantitative estimate of drug-likeness (QED) is 0.362. The Labute approximate surface area is 91.0 Å². The third-order valence-electron chi connectivity index (χ3n) is 1.89. The van der Waals surface area contributed by atoms with Crippen LogP contribution in [0.4, 0.5) is 5.69 Å². The second-order valence-electron chi connectivity index (χ2n) is 2.78. The number of nitrogens with zero attached hydrogens (tertiary/aromatic N) is 2. The minimum atomic E-state index is -0.601. The van der Waals surface area contributed by atoms with E-state index in [2.05, 4.69) is 5.16 Å². The first kappa shape index (κ1) is 11.8. The molecule has 0 aliphatic rings. The molecule has 1 rings (SSSR count). The van der Waals surface area contributed by atoms with Gasteiger partial charge in [-0.3, -0.25) is 10.1 Å². The van der Waals surface area contributed by atoms with Gasteiger partial charge in [0.15, 0.2) is 5.75 Å². The van der Waals surface area contributed by atoms with E-state index >= 15 is 0 Å². The lowest BCUT2D eigenvalue weighted by Gasteiger charge is -2.08. The average molecular weight is 226 g/mol. The number of nitro benzene ring substituents is 1. The van der Waals surface area contributed by atoms with Gasteiger partial charge in [0.05, 0.1) is 25.4 Å². The Kier molecular flexibility index (Phi) is 3.65. The Balaban J connectivity index is 3.43. The van der Waals surface area contributed by atoms with Gasteiger partial charge in [-0.25, -0.2) is 0 Å². The molecule has 0 saturated heterocycles. The molecule has 1 aromatic carbocycles. The van der Waals surface area contributed by atoms with Gasteiger partial charge in [-0.15, -0.1) is 0 Å². The molecule has 16 heavy (non-hydrogen) atoms. The van der Waals surface area contributed by atoms with Crippen LogP contribution in [0.3, 0.4) is 0 Å². The van der Waals surface area contributed by atoms with Crippen molar-refractivity contribution in [3.63, 3.8) is 0 Å². The van der Waals surface area contributed by atoms with Crippen molar-refractivity contribution in [3.05, 3.63) is 27.8 Å². The molecule has 7 heteroatoms. The molecule has 0 saturated carbocycles. The summed E-state index contributed by atoms with van der Waals surface area (Å²) >= 11 is 0. The summed E-state index contributed by atoms with van der Waals surface area (Å²) in [4.78, 5) is 10.2. The number of benzene rings is 1. The Hall–Kier alpha value is -2.31. The number of oxime groups is 1. The van der Waals surface area contributed by atoms with Crippen LogP contribution in [0, 0.1) is 10.1 Å². The lowest BCUT2D eigenvalue weighted by Crippen LogP contribution is -1.98. The van der Waals surface area contributed by atoms with Crippen LogP contribution in [0.2, 0.25) is 0 Å². The van der Waals surface area contributed by atoms with Gasteiger partial charge in [-0.2, -0.15) is 0 Å². The van der Waals surface area contributed by atoms with E-state index in [4.69, 9.17) is 14.7 Å². The predicted octanol–water partition coefficient (Wildman–Crippen LogP) is 1.42. The fourth-order valence-electron chi connectivity index (χ4n) is 1.24. The number of ether oxygens (including phenoxy) is 2. The fraction of sp³-hybridized carbons (Fsp3) is 0.222. The molecule has 0 aliphatic carbocycles. The molecular weight excluding hydrogens is 216 g/mol.